The standard InChI is InChI=1S/C39H44F6N8O5S/c1-37(2)35(57)52(27-7-6-23(20-46)29(19-27)38(40,41)42)36(59)53(37)26-8-10-28(11-9-26)58-17-16-50-14-15-51(31(21-50)39(43,44)45)22-33(55)48-25-5-3-4-24(18-25)47-30-12-13-32(54)49-34(30)56/h3-7,18-19,26,28,30-31,47H,8-17,21-22H2,1-2H3,(H,48,55)(H,49,54,56)/t26-,28-,30?,31?. The topological polar surface area (TPSA) is 150 Å². The summed E-state index contributed by atoms with van der Waals surface area (Å²) in [7, 11) is 0. The number of hydrogen-bond donors (Lipinski definition) is 3. The molecule has 6 rings (SSSR count). The fraction of sp³-hybridized carbons (Fsp3) is 0.538. The smallest absolute Gasteiger partial charge is 0.377 e. The summed E-state index contributed by atoms with van der Waals surface area (Å²) >= 11 is 5.67. The molecule has 3 heterocycles. The van der Waals surface area contributed by atoms with Crippen LogP contribution in [0.5, 0.6) is 0 Å². The van der Waals surface area contributed by atoms with E-state index in [4.69, 9.17) is 17.0 Å². The maximum atomic E-state index is 14.3. The number of piperazine rings is 1. The van der Waals surface area contributed by atoms with E-state index in [-0.39, 0.29) is 68.1 Å². The van der Waals surface area contributed by atoms with E-state index in [0.717, 1.165) is 21.9 Å². The molecule has 3 N–H and O–H groups in total. The number of nitrogens with one attached hydrogen (secondary N) is 3. The van der Waals surface area contributed by atoms with Crippen molar-refractivity contribution in [2.75, 3.05) is 54.9 Å². The van der Waals surface area contributed by atoms with Crippen LogP contribution in [-0.2, 0) is 30.1 Å². The number of anilines is 3. The number of alkyl halides is 6. The number of piperidine rings is 1. The second-order valence-electron chi connectivity index (χ2n) is 15.6. The van der Waals surface area contributed by atoms with Gasteiger partial charge in [-0.3, -0.25) is 39.2 Å². The Balaban J connectivity index is 0.971. The molecule has 4 fully saturated rings. The number of halogens is 6. The Morgan fingerprint density at radius 3 is 2.37 bits per heavy atom. The Morgan fingerprint density at radius 1 is 1.00 bits per heavy atom. The fourth-order valence-electron chi connectivity index (χ4n) is 8.16. The number of benzene rings is 2. The molecule has 1 aliphatic carbocycles. The Morgan fingerprint density at radius 2 is 1.71 bits per heavy atom. The zero-order chi connectivity index (χ0) is 42.9. The number of nitriles is 1. The van der Waals surface area contributed by atoms with Crippen molar-refractivity contribution in [3.8, 4) is 6.07 Å². The molecule has 13 nitrogen and oxygen atoms in total. The number of ether oxygens (including phenoxy) is 1. The van der Waals surface area contributed by atoms with Crippen LogP contribution in [0.1, 0.15) is 63.5 Å². The highest BCUT2D eigenvalue weighted by molar-refractivity contribution is 7.80. The zero-order valence-electron chi connectivity index (χ0n) is 32.3. The van der Waals surface area contributed by atoms with Crippen molar-refractivity contribution in [3.05, 3.63) is 53.6 Å². The molecule has 2 aromatic carbocycles. The van der Waals surface area contributed by atoms with Crippen LogP contribution < -0.4 is 20.9 Å². The Kier molecular flexibility index (Phi) is 12.9. The van der Waals surface area contributed by atoms with Gasteiger partial charge >= 0.3 is 12.4 Å². The van der Waals surface area contributed by atoms with E-state index in [0.29, 0.717) is 43.5 Å². The van der Waals surface area contributed by atoms with Crippen LogP contribution in [0.25, 0.3) is 0 Å². The van der Waals surface area contributed by atoms with Crippen LogP contribution >= 0.6 is 12.2 Å². The maximum absolute atomic E-state index is 14.3. The van der Waals surface area contributed by atoms with E-state index in [1.54, 1.807) is 47.9 Å². The van der Waals surface area contributed by atoms with Gasteiger partial charge in [0.05, 0.1) is 42.1 Å². The molecule has 4 amide bonds. The SMILES string of the molecule is CC1(C)C(=O)N(c2ccc(C#N)c(C(F)(F)F)c2)C(=S)N1[C@H]1CC[C@H](OCCN2CCN(CC(=O)Nc3cccc(NC4CCC(=O)NC4=O)c3)C(C(F)(F)F)C2)CC1. The van der Waals surface area contributed by atoms with Gasteiger partial charge in [0.1, 0.15) is 17.6 Å². The molecular weight excluding hydrogens is 807 g/mol. The molecule has 0 spiro atoms. The Hall–Kier alpha value is -4.84. The van der Waals surface area contributed by atoms with Crippen LogP contribution in [0.4, 0.5) is 43.4 Å². The minimum Gasteiger partial charge on any atom is -0.377 e. The summed E-state index contributed by atoms with van der Waals surface area (Å²) in [5.41, 5.74) is -2.16. The van der Waals surface area contributed by atoms with Crippen LogP contribution in [0.3, 0.4) is 0 Å². The highest BCUT2D eigenvalue weighted by Gasteiger charge is 2.53. The van der Waals surface area contributed by atoms with Gasteiger partial charge in [0.2, 0.25) is 17.7 Å². The number of amides is 4. The quantitative estimate of drug-likeness (QED) is 0.159. The Bertz CT molecular complexity index is 2000. The van der Waals surface area contributed by atoms with E-state index in [9.17, 15) is 50.8 Å². The lowest BCUT2D eigenvalue weighted by Crippen LogP contribution is -2.60. The van der Waals surface area contributed by atoms with Crippen molar-refractivity contribution in [1.29, 1.82) is 5.26 Å². The van der Waals surface area contributed by atoms with Gasteiger partial charge in [0.25, 0.3) is 5.91 Å². The second kappa shape index (κ2) is 17.4. The first-order valence-corrected chi connectivity index (χ1v) is 19.6. The molecule has 4 aliphatic rings. The van der Waals surface area contributed by atoms with Crippen molar-refractivity contribution in [2.24, 2.45) is 0 Å². The van der Waals surface area contributed by atoms with Crippen molar-refractivity contribution in [3.63, 3.8) is 0 Å². The maximum Gasteiger partial charge on any atom is 0.417 e. The normalized spacial score (nSPS) is 24.5. The van der Waals surface area contributed by atoms with E-state index >= 15 is 0 Å². The molecule has 0 aromatic heterocycles. The highest BCUT2D eigenvalue weighted by Crippen LogP contribution is 2.41. The van der Waals surface area contributed by atoms with Gasteiger partial charge in [-0.15, -0.1) is 0 Å². The first-order valence-electron chi connectivity index (χ1n) is 19.2. The molecule has 3 aliphatic heterocycles. The molecule has 2 atom stereocenters. The molecule has 3 saturated heterocycles. The monoisotopic (exact) mass is 850 g/mol. The number of rotatable bonds is 11. The lowest BCUT2D eigenvalue weighted by molar-refractivity contribution is -0.197. The van der Waals surface area contributed by atoms with Gasteiger partial charge in [0.15, 0.2) is 5.11 Å². The summed E-state index contributed by atoms with van der Waals surface area (Å²) < 4.78 is 90.1. The van der Waals surface area contributed by atoms with Gasteiger partial charge in [-0.2, -0.15) is 31.6 Å². The van der Waals surface area contributed by atoms with E-state index < -0.39 is 65.4 Å². The molecular formula is C39H44F6N8O5S. The summed E-state index contributed by atoms with van der Waals surface area (Å²) in [6, 6.07) is 8.24. The number of nitrogens with zero attached hydrogens (tertiary/aromatic N) is 5. The Labute approximate surface area is 342 Å². The minimum atomic E-state index is -4.82. The van der Waals surface area contributed by atoms with Crippen molar-refractivity contribution in [1.82, 2.24) is 20.0 Å². The molecule has 2 unspecified atom stereocenters. The molecule has 0 radical (unpaired) electrons. The summed E-state index contributed by atoms with van der Waals surface area (Å²) in [6.45, 7) is 3.13. The average molecular weight is 851 g/mol. The van der Waals surface area contributed by atoms with Crippen LogP contribution in [-0.4, -0.2) is 119 Å². The molecule has 2 aromatic rings. The first-order chi connectivity index (χ1) is 27.8. The fourth-order valence-corrected chi connectivity index (χ4v) is 8.72. The molecule has 59 heavy (non-hydrogen) atoms. The van der Waals surface area contributed by atoms with Gasteiger partial charge in [-0.1, -0.05) is 6.07 Å². The van der Waals surface area contributed by atoms with E-state index in [1.807, 2.05) is 0 Å². The molecule has 0 bridgehead atoms. The summed E-state index contributed by atoms with van der Waals surface area (Å²) in [5.74, 6) is -1.96. The molecule has 1 saturated carbocycles. The van der Waals surface area contributed by atoms with Crippen molar-refractivity contribution >= 4 is 58.0 Å². The lowest BCUT2D eigenvalue weighted by Gasteiger charge is -2.42. The summed E-state index contributed by atoms with van der Waals surface area (Å²) in [4.78, 5) is 55.7. The predicted octanol–water partition coefficient (Wildman–Crippen LogP) is 5.02. The second-order valence-corrected chi connectivity index (χ2v) is 16.0. The van der Waals surface area contributed by atoms with Gasteiger partial charge in [-0.05, 0) is 94.6 Å². The number of imide groups is 1. The van der Waals surface area contributed by atoms with Crippen LogP contribution in [0, 0.1) is 11.3 Å². The zero-order valence-corrected chi connectivity index (χ0v) is 33.1. The average Bonchev–Trinajstić information content (AvgIpc) is 3.34. The third kappa shape index (κ3) is 9.97. The third-order valence-electron chi connectivity index (χ3n) is 11.2. The number of thiocarbonyl (C=S) groups is 1. The highest BCUT2D eigenvalue weighted by atomic mass is 32.1. The summed E-state index contributed by atoms with van der Waals surface area (Å²) in [6.07, 6.45) is -6.93. The third-order valence-corrected chi connectivity index (χ3v) is 11.6. The number of carbonyl (C=O) groups is 4. The molecule has 20 heteroatoms. The molecule has 318 valence electrons. The largest absolute Gasteiger partial charge is 0.417 e. The van der Waals surface area contributed by atoms with Gasteiger partial charge in [0, 0.05) is 50.0 Å². The van der Waals surface area contributed by atoms with E-state index in [2.05, 4.69) is 16.0 Å². The van der Waals surface area contributed by atoms with Crippen molar-refractivity contribution < 1.29 is 50.3 Å². The minimum absolute atomic E-state index is 0.0128. The predicted molar refractivity (Wildman–Crippen MR) is 207 cm³/mol. The van der Waals surface area contributed by atoms with Crippen LogP contribution in [0.15, 0.2) is 42.5 Å². The van der Waals surface area contributed by atoms with Crippen LogP contribution in [0.2, 0.25) is 0 Å². The van der Waals surface area contributed by atoms with E-state index in [1.165, 1.54) is 12.1 Å². The number of hydrogen-bond acceptors (Lipinski definition) is 10. The van der Waals surface area contributed by atoms with Gasteiger partial charge < -0.3 is 20.3 Å². The van der Waals surface area contributed by atoms with Gasteiger partial charge in [-0.25, -0.2) is 0 Å². The number of carbonyl (C=O) groups excluding carboxylic acids is 4. The first kappa shape index (κ1) is 43.7. The lowest BCUT2D eigenvalue weighted by atomic mass is 9.89. The summed E-state index contributed by atoms with van der Waals surface area (Å²) in [5, 5.41) is 17.2. The van der Waals surface area contributed by atoms with Crippen molar-refractivity contribution in [2.45, 2.75) is 94.5 Å².